The Morgan fingerprint density at radius 3 is 2.26 bits per heavy atom. The Bertz CT molecular complexity index is 1020. The molecule has 2 aromatic rings. The van der Waals surface area contributed by atoms with Crippen LogP contribution in [0.2, 0.25) is 0 Å². The van der Waals surface area contributed by atoms with Crippen molar-refractivity contribution in [3.05, 3.63) is 59.7 Å². The molecule has 0 heterocycles. The van der Waals surface area contributed by atoms with Gasteiger partial charge in [-0.2, -0.15) is 0 Å². The number of carboxylic acids is 1. The fourth-order valence-electron chi connectivity index (χ4n) is 5.39. The van der Waals surface area contributed by atoms with E-state index in [0.29, 0.717) is 25.8 Å². The molecule has 7 heteroatoms. The molecule has 2 aliphatic carbocycles. The van der Waals surface area contributed by atoms with Gasteiger partial charge in [0.15, 0.2) is 0 Å². The maximum Gasteiger partial charge on any atom is 0.407 e. The quantitative estimate of drug-likeness (QED) is 0.485. The van der Waals surface area contributed by atoms with Gasteiger partial charge in [0.2, 0.25) is 5.91 Å². The van der Waals surface area contributed by atoms with Crippen molar-refractivity contribution in [3.63, 3.8) is 0 Å². The molecule has 1 fully saturated rings. The number of carbonyl (C=O) groups excluding carboxylic acids is 2. The molecule has 4 rings (SSSR count). The predicted molar refractivity (Wildman–Crippen MR) is 133 cm³/mol. The molecule has 3 unspecified atom stereocenters. The summed E-state index contributed by atoms with van der Waals surface area (Å²) in [5.41, 5.74) is 4.66. The van der Waals surface area contributed by atoms with Crippen molar-refractivity contribution < 1.29 is 24.2 Å². The first-order chi connectivity index (χ1) is 17.0. The van der Waals surface area contributed by atoms with Crippen LogP contribution in [0.1, 0.15) is 62.5 Å². The summed E-state index contributed by atoms with van der Waals surface area (Å²) in [5, 5.41) is 14.9. The van der Waals surface area contributed by atoms with Crippen LogP contribution in [-0.2, 0) is 14.3 Å². The van der Waals surface area contributed by atoms with E-state index in [9.17, 15) is 14.4 Å². The molecular formula is C28H34N2O5. The van der Waals surface area contributed by atoms with Crippen LogP contribution in [0.25, 0.3) is 11.1 Å². The molecule has 0 aliphatic heterocycles. The largest absolute Gasteiger partial charge is 0.481 e. The summed E-state index contributed by atoms with van der Waals surface area (Å²) in [6.07, 6.45) is 3.47. The molecule has 0 radical (unpaired) electrons. The minimum atomic E-state index is -0.862. The summed E-state index contributed by atoms with van der Waals surface area (Å²) in [6, 6.07) is 16.1. The maximum absolute atomic E-state index is 12.9. The SMILES string of the molecule is CCC(CNC(=O)C1CCCCC1NC(=O)OCC1c2ccccc2-c2ccccc21)CC(=O)O. The second-order valence-electron chi connectivity index (χ2n) is 9.58. The molecule has 0 saturated heterocycles. The molecule has 0 spiro atoms. The van der Waals surface area contributed by atoms with E-state index in [4.69, 9.17) is 9.84 Å². The van der Waals surface area contributed by atoms with Crippen molar-refractivity contribution in [2.24, 2.45) is 11.8 Å². The molecule has 2 aromatic carbocycles. The Morgan fingerprint density at radius 1 is 1.00 bits per heavy atom. The number of aliphatic carboxylic acids is 1. The van der Waals surface area contributed by atoms with Crippen molar-refractivity contribution in [1.29, 1.82) is 0 Å². The van der Waals surface area contributed by atoms with Crippen molar-refractivity contribution >= 4 is 18.0 Å². The van der Waals surface area contributed by atoms with Crippen LogP contribution < -0.4 is 10.6 Å². The highest BCUT2D eigenvalue weighted by atomic mass is 16.5. The second kappa shape index (κ2) is 11.4. The van der Waals surface area contributed by atoms with Crippen LogP contribution in [0.3, 0.4) is 0 Å². The fourth-order valence-corrected chi connectivity index (χ4v) is 5.39. The predicted octanol–water partition coefficient (Wildman–Crippen LogP) is 4.70. The lowest BCUT2D eigenvalue weighted by molar-refractivity contribution is -0.138. The van der Waals surface area contributed by atoms with Gasteiger partial charge < -0.3 is 20.5 Å². The molecule has 0 bridgehead atoms. The minimum absolute atomic E-state index is 0.0150. The average Bonchev–Trinajstić information content (AvgIpc) is 3.19. The molecule has 2 amide bonds. The Kier molecular flexibility index (Phi) is 8.06. The molecule has 3 N–H and O–H groups in total. The van der Waals surface area contributed by atoms with Crippen LogP contribution in [0.15, 0.2) is 48.5 Å². The highest BCUT2D eigenvalue weighted by molar-refractivity contribution is 5.81. The summed E-state index contributed by atoms with van der Waals surface area (Å²) < 4.78 is 5.68. The van der Waals surface area contributed by atoms with Crippen LogP contribution in [0, 0.1) is 11.8 Å². The van der Waals surface area contributed by atoms with Gasteiger partial charge in [-0.1, -0.05) is 74.7 Å². The number of benzene rings is 2. The lowest BCUT2D eigenvalue weighted by Crippen LogP contribution is -2.49. The van der Waals surface area contributed by atoms with E-state index >= 15 is 0 Å². The summed E-state index contributed by atoms with van der Waals surface area (Å²) in [6.45, 7) is 2.48. The highest BCUT2D eigenvalue weighted by Gasteiger charge is 2.34. The molecule has 7 nitrogen and oxygen atoms in total. The molecular weight excluding hydrogens is 444 g/mol. The number of alkyl carbamates (subject to hydrolysis) is 1. The van der Waals surface area contributed by atoms with Gasteiger partial charge >= 0.3 is 12.1 Å². The zero-order valence-electron chi connectivity index (χ0n) is 20.2. The summed E-state index contributed by atoms with van der Waals surface area (Å²) in [5.74, 6) is -1.45. The third kappa shape index (κ3) is 5.84. The van der Waals surface area contributed by atoms with E-state index in [1.54, 1.807) is 0 Å². The molecule has 3 atom stereocenters. The van der Waals surface area contributed by atoms with Crippen LogP contribution in [-0.4, -0.2) is 42.3 Å². The Labute approximate surface area is 206 Å². The second-order valence-corrected chi connectivity index (χ2v) is 9.58. The van der Waals surface area contributed by atoms with Crippen LogP contribution in [0.5, 0.6) is 0 Å². The van der Waals surface area contributed by atoms with Crippen LogP contribution in [0.4, 0.5) is 4.79 Å². The van der Waals surface area contributed by atoms with E-state index in [1.807, 2.05) is 31.2 Å². The Hall–Kier alpha value is -3.35. The first-order valence-corrected chi connectivity index (χ1v) is 12.6. The van der Waals surface area contributed by atoms with Gasteiger partial charge in [0.1, 0.15) is 6.61 Å². The number of amides is 2. The number of hydrogen-bond acceptors (Lipinski definition) is 4. The fraction of sp³-hybridized carbons (Fsp3) is 0.464. The first kappa shape index (κ1) is 24.8. The Balaban J connectivity index is 1.34. The minimum Gasteiger partial charge on any atom is -0.481 e. The number of carboxylic acid groups (broad SMARTS) is 1. The highest BCUT2D eigenvalue weighted by Crippen LogP contribution is 2.44. The van der Waals surface area contributed by atoms with Gasteiger partial charge in [0.05, 0.1) is 5.92 Å². The molecule has 1 saturated carbocycles. The average molecular weight is 479 g/mol. The smallest absolute Gasteiger partial charge is 0.407 e. The monoisotopic (exact) mass is 478 g/mol. The van der Waals surface area contributed by atoms with Crippen molar-refractivity contribution in [3.8, 4) is 11.1 Å². The molecule has 186 valence electrons. The maximum atomic E-state index is 12.9. The van der Waals surface area contributed by atoms with Gasteiger partial charge in [-0.15, -0.1) is 0 Å². The van der Waals surface area contributed by atoms with Crippen molar-refractivity contribution in [1.82, 2.24) is 10.6 Å². The van der Waals surface area contributed by atoms with Crippen molar-refractivity contribution in [2.45, 2.75) is 57.4 Å². The lowest BCUT2D eigenvalue weighted by Gasteiger charge is -2.31. The van der Waals surface area contributed by atoms with Gasteiger partial charge in [-0.25, -0.2) is 4.79 Å². The molecule has 0 aromatic heterocycles. The number of hydrogen-bond donors (Lipinski definition) is 3. The molecule has 35 heavy (non-hydrogen) atoms. The summed E-state index contributed by atoms with van der Waals surface area (Å²) in [4.78, 5) is 36.7. The Morgan fingerprint density at radius 2 is 1.63 bits per heavy atom. The van der Waals surface area contributed by atoms with E-state index in [-0.39, 0.29) is 42.7 Å². The summed E-state index contributed by atoms with van der Waals surface area (Å²) in [7, 11) is 0. The normalized spacial score (nSPS) is 19.8. The van der Waals surface area contributed by atoms with E-state index in [1.165, 1.54) is 11.1 Å². The number of rotatable bonds is 9. The number of ether oxygens (including phenoxy) is 1. The van der Waals surface area contributed by atoms with Gasteiger partial charge in [0, 0.05) is 24.9 Å². The number of fused-ring (bicyclic) bond motifs is 3. The lowest BCUT2D eigenvalue weighted by atomic mass is 9.83. The third-order valence-corrected chi connectivity index (χ3v) is 7.36. The van der Waals surface area contributed by atoms with Gasteiger partial charge in [0.25, 0.3) is 0 Å². The standard InChI is InChI=1S/C28H34N2O5/c1-2-18(15-26(31)32)16-29-27(33)23-13-7-8-14-25(23)30-28(34)35-17-24-21-11-5-3-9-19(21)20-10-4-6-12-22(20)24/h3-6,9-12,18,23-25H,2,7-8,13-17H2,1H3,(H,29,33)(H,30,34)(H,31,32). The van der Waals surface area contributed by atoms with Crippen LogP contribution >= 0.6 is 0 Å². The van der Waals surface area contributed by atoms with Crippen molar-refractivity contribution in [2.75, 3.05) is 13.2 Å². The first-order valence-electron chi connectivity index (χ1n) is 12.6. The van der Waals surface area contributed by atoms with E-state index in [0.717, 1.165) is 24.0 Å². The summed E-state index contributed by atoms with van der Waals surface area (Å²) >= 11 is 0. The topological polar surface area (TPSA) is 105 Å². The van der Waals surface area contributed by atoms with Gasteiger partial charge in [-0.05, 0) is 41.0 Å². The molecule has 2 aliphatic rings. The van der Waals surface area contributed by atoms with E-state index < -0.39 is 12.1 Å². The number of nitrogens with one attached hydrogen (secondary N) is 2. The zero-order valence-corrected chi connectivity index (χ0v) is 20.2. The van der Waals surface area contributed by atoms with E-state index in [2.05, 4.69) is 34.9 Å². The third-order valence-electron chi connectivity index (χ3n) is 7.36. The zero-order chi connectivity index (χ0) is 24.8. The number of carbonyl (C=O) groups is 3. The van der Waals surface area contributed by atoms with Gasteiger partial charge in [-0.3, -0.25) is 9.59 Å².